The highest BCUT2D eigenvalue weighted by Crippen LogP contribution is 2.37. The van der Waals surface area contributed by atoms with Crippen LogP contribution >= 0.6 is 11.3 Å². The van der Waals surface area contributed by atoms with Gasteiger partial charge in [0.1, 0.15) is 0 Å². The van der Waals surface area contributed by atoms with E-state index in [1.54, 1.807) is 0 Å². The van der Waals surface area contributed by atoms with Crippen molar-refractivity contribution in [2.75, 3.05) is 5.32 Å². The molecule has 0 amide bonds. The summed E-state index contributed by atoms with van der Waals surface area (Å²) in [7, 11) is 0. The number of aromatic hydroxyl groups is 1. The van der Waals surface area contributed by atoms with Gasteiger partial charge in [0, 0.05) is 23.0 Å². The molecule has 2 heterocycles. The number of nitrogens with zero attached hydrogens (tertiary/aromatic N) is 2. The maximum Gasteiger partial charge on any atom is 0.231 e. The Hall–Kier alpha value is -2.92. The zero-order chi connectivity index (χ0) is 16.5. The van der Waals surface area contributed by atoms with E-state index >= 15 is 0 Å². The lowest BCUT2D eigenvalue weighted by molar-refractivity contribution is 0.457. The molecule has 0 aliphatic carbocycles. The van der Waals surface area contributed by atoms with Gasteiger partial charge in [0.2, 0.25) is 5.88 Å². The molecule has 24 heavy (non-hydrogen) atoms. The van der Waals surface area contributed by atoms with Crippen LogP contribution in [0.25, 0.3) is 11.6 Å². The summed E-state index contributed by atoms with van der Waals surface area (Å²) in [5, 5.41) is 14.0. The van der Waals surface area contributed by atoms with Crippen molar-refractivity contribution in [2.24, 2.45) is 4.99 Å². The molecule has 4 nitrogen and oxygen atoms in total. The number of hydrogen-bond acceptors (Lipinski definition) is 5. The van der Waals surface area contributed by atoms with E-state index in [1.165, 1.54) is 16.9 Å². The number of nitrogens with one attached hydrogen (secondary N) is 1. The lowest BCUT2D eigenvalue weighted by Crippen LogP contribution is -1.88. The third kappa shape index (κ3) is 2.81. The molecule has 0 bridgehead atoms. The average Bonchev–Trinajstić information content (AvgIpc) is 3.12. The number of anilines is 2. The predicted molar refractivity (Wildman–Crippen MR) is 101 cm³/mol. The molecule has 2 N–H and O–H groups in total. The zero-order valence-corrected chi connectivity index (χ0v) is 13.8. The molecule has 5 heteroatoms. The lowest BCUT2D eigenvalue weighted by atomic mass is 10.1. The first kappa shape index (κ1) is 14.7. The van der Waals surface area contributed by atoms with Gasteiger partial charge < -0.3 is 10.4 Å². The number of allylic oxidation sites excluding steroid dienone is 1. The summed E-state index contributed by atoms with van der Waals surface area (Å²) in [5.41, 5.74) is 5.12. The number of rotatable bonds is 3. The quantitative estimate of drug-likeness (QED) is 0.696. The number of para-hydroxylation sites is 1. The molecule has 0 saturated carbocycles. The number of aryl methyl sites for hydroxylation is 1. The topological polar surface area (TPSA) is 57.5 Å². The van der Waals surface area contributed by atoms with Crippen molar-refractivity contribution in [3.63, 3.8) is 0 Å². The van der Waals surface area contributed by atoms with E-state index in [9.17, 15) is 5.11 Å². The van der Waals surface area contributed by atoms with Crippen LogP contribution in [0.5, 0.6) is 5.88 Å². The van der Waals surface area contributed by atoms with E-state index < -0.39 is 0 Å². The first-order valence-electron chi connectivity index (χ1n) is 7.58. The molecule has 0 atom stereocenters. The summed E-state index contributed by atoms with van der Waals surface area (Å²) in [4.78, 5) is 9.30. The standard InChI is InChI=1S/C19H15N3OS/c1-12-5-4-6-14(9-12)21-19-22-18(23)17(24-19)10-13-11-20-16-8-3-2-7-15(13)16/h2-11,23H,1H3,(H,21,22)/b13-10-. The van der Waals surface area contributed by atoms with Crippen molar-refractivity contribution >= 4 is 45.7 Å². The Balaban J connectivity index is 1.63. The maximum atomic E-state index is 10.1. The van der Waals surface area contributed by atoms with E-state index in [4.69, 9.17) is 0 Å². The van der Waals surface area contributed by atoms with Crippen LogP contribution in [0, 0.1) is 6.92 Å². The van der Waals surface area contributed by atoms with Gasteiger partial charge in [-0.3, -0.25) is 4.99 Å². The van der Waals surface area contributed by atoms with Gasteiger partial charge in [0.25, 0.3) is 0 Å². The number of aromatic nitrogens is 1. The molecule has 0 fully saturated rings. The summed E-state index contributed by atoms with van der Waals surface area (Å²) >= 11 is 1.41. The van der Waals surface area contributed by atoms with Crippen LogP contribution in [0.4, 0.5) is 16.5 Å². The van der Waals surface area contributed by atoms with Gasteiger partial charge in [-0.05, 0) is 36.8 Å². The van der Waals surface area contributed by atoms with Crippen LogP contribution in [0.2, 0.25) is 0 Å². The van der Waals surface area contributed by atoms with E-state index in [0.717, 1.165) is 22.5 Å². The predicted octanol–water partition coefficient (Wildman–Crippen LogP) is 5.16. The minimum atomic E-state index is 0.0282. The maximum absolute atomic E-state index is 10.1. The molecular formula is C19H15N3OS. The molecule has 0 spiro atoms. The summed E-state index contributed by atoms with van der Waals surface area (Å²) in [6.45, 7) is 2.04. The monoisotopic (exact) mass is 333 g/mol. The molecule has 1 aromatic heterocycles. The minimum absolute atomic E-state index is 0.0282. The van der Waals surface area contributed by atoms with Crippen molar-refractivity contribution in [3.8, 4) is 5.88 Å². The normalized spacial score (nSPS) is 14.1. The molecule has 4 rings (SSSR count). The van der Waals surface area contributed by atoms with Crippen LogP contribution in [-0.4, -0.2) is 16.3 Å². The van der Waals surface area contributed by atoms with Crippen molar-refractivity contribution in [1.29, 1.82) is 0 Å². The summed E-state index contributed by atoms with van der Waals surface area (Å²) in [6.07, 6.45) is 3.74. The lowest BCUT2D eigenvalue weighted by Gasteiger charge is -2.02. The molecule has 3 aromatic rings. The van der Waals surface area contributed by atoms with Crippen molar-refractivity contribution in [3.05, 3.63) is 64.5 Å². The number of benzene rings is 2. The van der Waals surface area contributed by atoms with Crippen LogP contribution in [0.15, 0.2) is 53.5 Å². The molecule has 0 saturated heterocycles. The van der Waals surface area contributed by atoms with E-state index in [1.807, 2.05) is 67.7 Å². The highest BCUT2D eigenvalue weighted by Gasteiger charge is 2.14. The van der Waals surface area contributed by atoms with Gasteiger partial charge in [-0.25, -0.2) is 0 Å². The van der Waals surface area contributed by atoms with Crippen LogP contribution in [0.1, 0.15) is 16.0 Å². The Morgan fingerprint density at radius 3 is 2.88 bits per heavy atom. The molecule has 0 radical (unpaired) electrons. The Morgan fingerprint density at radius 1 is 1.12 bits per heavy atom. The Morgan fingerprint density at radius 2 is 2.00 bits per heavy atom. The van der Waals surface area contributed by atoms with Gasteiger partial charge >= 0.3 is 0 Å². The van der Waals surface area contributed by atoms with Gasteiger partial charge in [-0.1, -0.05) is 41.7 Å². The molecule has 0 unspecified atom stereocenters. The Labute approximate surface area is 143 Å². The number of fused-ring (bicyclic) bond motifs is 1. The average molecular weight is 333 g/mol. The molecule has 1 aliphatic rings. The summed E-state index contributed by atoms with van der Waals surface area (Å²) in [5.74, 6) is 0.0282. The Bertz CT molecular complexity index is 972. The highest BCUT2D eigenvalue weighted by atomic mass is 32.1. The van der Waals surface area contributed by atoms with Crippen LogP contribution in [0.3, 0.4) is 0 Å². The second kappa shape index (κ2) is 5.94. The SMILES string of the molecule is Cc1cccc(Nc2nc(O)c(/C=C3/C=Nc4ccccc43)s2)c1. The van der Waals surface area contributed by atoms with E-state index in [-0.39, 0.29) is 5.88 Å². The first-order chi connectivity index (χ1) is 11.7. The van der Waals surface area contributed by atoms with E-state index in [0.29, 0.717) is 10.0 Å². The fourth-order valence-corrected chi connectivity index (χ4v) is 3.45. The number of thiazole rings is 1. The second-order valence-corrected chi connectivity index (χ2v) is 6.61. The van der Waals surface area contributed by atoms with Gasteiger partial charge in [-0.2, -0.15) is 4.98 Å². The van der Waals surface area contributed by atoms with Crippen molar-refractivity contribution in [1.82, 2.24) is 4.98 Å². The fourth-order valence-electron chi connectivity index (χ4n) is 2.61. The molecular weight excluding hydrogens is 318 g/mol. The molecule has 118 valence electrons. The Kier molecular flexibility index (Phi) is 3.63. The van der Waals surface area contributed by atoms with Crippen LogP contribution in [-0.2, 0) is 0 Å². The summed E-state index contributed by atoms with van der Waals surface area (Å²) < 4.78 is 0. The zero-order valence-electron chi connectivity index (χ0n) is 13.0. The van der Waals surface area contributed by atoms with Crippen molar-refractivity contribution in [2.45, 2.75) is 6.92 Å². The van der Waals surface area contributed by atoms with Crippen LogP contribution < -0.4 is 5.32 Å². The number of aliphatic imine (C=N–C) groups is 1. The smallest absolute Gasteiger partial charge is 0.231 e. The highest BCUT2D eigenvalue weighted by molar-refractivity contribution is 7.16. The van der Waals surface area contributed by atoms with Gasteiger partial charge in [0.05, 0.1) is 10.6 Å². The van der Waals surface area contributed by atoms with Gasteiger partial charge in [0.15, 0.2) is 5.13 Å². The third-order valence-electron chi connectivity index (χ3n) is 3.75. The largest absolute Gasteiger partial charge is 0.492 e. The van der Waals surface area contributed by atoms with E-state index in [2.05, 4.69) is 15.3 Å². The second-order valence-electron chi connectivity index (χ2n) is 5.58. The van der Waals surface area contributed by atoms with Crippen molar-refractivity contribution < 1.29 is 5.11 Å². The first-order valence-corrected chi connectivity index (χ1v) is 8.39. The molecule has 2 aromatic carbocycles. The number of hydrogen-bond donors (Lipinski definition) is 2. The molecule has 1 aliphatic heterocycles. The summed E-state index contributed by atoms with van der Waals surface area (Å²) in [6, 6.07) is 16.0. The third-order valence-corrected chi connectivity index (χ3v) is 4.66. The minimum Gasteiger partial charge on any atom is -0.492 e. The fraction of sp³-hybridized carbons (Fsp3) is 0.0526. The van der Waals surface area contributed by atoms with Gasteiger partial charge in [-0.15, -0.1) is 0 Å².